The Labute approximate surface area is 95.6 Å². The van der Waals surface area contributed by atoms with Gasteiger partial charge < -0.3 is 5.32 Å². The van der Waals surface area contributed by atoms with Gasteiger partial charge in [-0.05, 0) is 24.6 Å². The number of carbonyl (C=O) groups is 1. The predicted molar refractivity (Wildman–Crippen MR) is 62.5 cm³/mol. The number of benzene rings is 1. The topological polar surface area (TPSA) is 29.1 Å². The van der Waals surface area contributed by atoms with Gasteiger partial charge in [-0.15, -0.1) is 0 Å². The zero-order valence-electron chi connectivity index (χ0n) is 7.71. The molecule has 14 heavy (non-hydrogen) atoms. The lowest BCUT2D eigenvalue weighted by atomic mass is 10.0. The summed E-state index contributed by atoms with van der Waals surface area (Å²) in [7, 11) is 0. The molecule has 0 bridgehead atoms. The van der Waals surface area contributed by atoms with E-state index in [1.807, 2.05) is 12.1 Å². The molecule has 4 heteroatoms. The van der Waals surface area contributed by atoms with Gasteiger partial charge in [0.2, 0.25) is 0 Å². The Balaban J connectivity index is 2.30. The van der Waals surface area contributed by atoms with Gasteiger partial charge in [0, 0.05) is 11.0 Å². The highest BCUT2D eigenvalue weighted by atomic mass is 79.9. The van der Waals surface area contributed by atoms with Gasteiger partial charge in [0.05, 0.1) is 4.75 Å². The number of amides is 1. The zero-order chi connectivity index (χ0) is 10.2. The number of halogens is 1. The summed E-state index contributed by atoms with van der Waals surface area (Å²) in [5, 5.41) is 2.90. The Morgan fingerprint density at radius 3 is 2.57 bits per heavy atom. The Morgan fingerprint density at radius 1 is 1.43 bits per heavy atom. The molecule has 1 aliphatic heterocycles. The first-order valence-electron chi connectivity index (χ1n) is 4.33. The second-order valence-corrected chi connectivity index (χ2v) is 5.87. The van der Waals surface area contributed by atoms with Crippen molar-refractivity contribution >= 4 is 32.9 Å². The number of thioether (sulfide) groups is 1. The summed E-state index contributed by atoms with van der Waals surface area (Å²) in [5.74, 6) is 0. The fourth-order valence-corrected chi connectivity index (χ4v) is 2.70. The Kier molecular flexibility index (Phi) is 2.58. The first kappa shape index (κ1) is 10.1. The van der Waals surface area contributed by atoms with Crippen LogP contribution in [0.1, 0.15) is 12.5 Å². The molecule has 1 amide bonds. The van der Waals surface area contributed by atoms with E-state index >= 15 is 0 Å². The van der Waals surface area contributed by atoms with E-state index in [9.17, 15) is 4.79 Å². The third-order valence-electron chi connectivity index (χ3n) is 2.34. The van der Waals surface area contributed by atoms with Crippen molar-refractivity contribution in [3.05, 3.63) is 34.3 Å². The minimum Gasteiger partial charge on any atom is -0.345 e. The van der Waals surface area contributed by atoms with Gasteiger partial charge in [-0.3, -0.25) is 4.79 Å². The molecule has 0 saturated carbocycles. The number of rotatable bonds is 1. The molecule has 0 spiro atoms. The molecule has 1 unspecified atom stereocenters. The highest BCUT2D eigenvalue weighted by Gasteiger charge is 2.36. The van der Waals surface area contributed by atoms with Crippen LogP contribution in [0.2, 0.25) is 0 Å². The molecule has 1 aromatic rings. The van der Waals surface area contributed by atoms with Crippen LogP contribution in [0.3, 0.4) is 0 Å². The SMILES string of the molecule is CC1(c2ccc(Br)cc2)CNC(=O)S1. The van der Waals surface area contributed by atoms with Crippen LogP contribution in [0.15, 0.2) is 28.7 Å². The van der Waals surface area contributed by atoms with Crippen molar-refractivity contribution in [3.63, 3.8) is 0 Å². The van der Waals surface area contributed by atoms with Gasteiger partial charge in [0.15, 0.2) is 0 Å². The van der Waals surface area contributed by atoms with Gasteiger partial charge in [-0.25, -0.2) is 0 Å². The molecule has 1 saturated heterocycles. The summed E-state index contributed by atoms with van der Waals surface area (Å²) >= 11 is 4.76. The second-order valence-electron chi connectivity index (χ2n) is 3.48. The number of hydrogen-bond donors (Lipinski definition) is 1. The molecular formula is C10H10BrNOS. The third-order valence-corrected chi connectivity index (χ3v) is 4.03. The van der Waals surface area contributed by atoms with E-state index in [2.05, 4.69) is 40.3 Å². The number of carbonyl (C=O) groups excluding carboxylic acids is 1. The number of nitrogens with one attached hydrogen (secondary N) is 1. The van der Waals surface area contributed by atoms with Crippen LogP contribution in [0.4, 0.5) is 4.79 Å². The number of hydrogen-bond acceptors (Lipinski definition) is 2. The van der Waals surface area contributed by atoms with Crippen molar-refractivity contribution < 1.29 is 4.79 Å². The fraction of sp³-hybridized carbons (Fsp3) is 0.300. The molecule has 1 aromatic carbocycles. The van der Waals surface area contributed by atoms with Crippen molar-refractivity contribution in [2.45, 2.75) is 11.7 Å². The van der Waals surface area contributed by atoms with Crippen LogP contribution in [-0.2, 0) is 4.75 Å². The summed E-state index contributed by atoms with van der Waals surface area (Å²) in [4.78, 5) is 11.1. The van der Waals surface area contributed by atoms with Crippen LogP contribution < -0.4 is 5.32 Å². The summed E-state index contributed by atoms with van der Waals surface area (Å²) in [6.07, 6.45) is 0. The summed E-state index contributed by atoms with van der Waals surface area (Å²) in [6, 6.07) is 8.11. The van der Waals surface area contributed by atoms with Gasteiger partial charge in [-0.1, -0.05) is 39.8 Å². The van der Waals surface area contributed by atoms with Crippen molar-refractivity contribution in [2.75, 3.05) is 6.54 Å². The fourth-order valence-electron chi connectivity index (χ4n) is 1.48. The van der Waals surface area contributed by atoms with E-state index in [1.165, 1.54) is 17.3 Å². The van der Waals surface area contributed by atoms with E-state index in [1.54, 1.807) is 0 Å². The van der Waals surface area contributed by atoms with Crippen molar-refractivity contribution in [3.8, 4) is 0 Å². The maximum atomic E-state index is 11.1. The molecular weight excluding hydrogens is 262 g/mol. The normalized spacial score (nSPS) is 26.3. The largest absolute Gasteiger partial charge is 0.345 e. The average Bonchev–Trinajstić information content (AvgIpc) is 2.48. The van der Waals surface area contributed by atoms with Gasteiger partial charge >= 0.3 is 0 Å². The molecule has 2 nitrogen and oxygen atoms in total. The molecule has 0 aromatic heterocycles. The molecule has 0 radical (unpaired) electrons. The average molecular weight is 272 g/mol. The monoisotopic (exact) mass is 271 g/mol. The molecule has 0 aliphatic carbocycles. The molecule has 74 valence electrons. The summed E-state index contributed by atoms with van der Waals surface area (Å²) < 4.78 is 0.949. The lowest BCUT2D eigenvalue weighted by Gasteiger charge is -2.20. The van der Waals surface area contributed by atoms with E-state index in [0.717, 1.165) is 4.47 Å². The lowest BCUT2D eigenvalue weighted by molar-refractivity contribution is 0.262. The van der Waals surface area contributed by atoms with Crippen molar-refractivity contribution in [1.82, 2.24) is 5.32 Å². The first-order valence-corrected chi connectivity index (χ1v) is 5.94. The van der Waals surface area contributed by atoms with Crippen LogP contribution in [0.5, 0.6) is 0 Å². The minimum atomic E-state index is -0.113. The Bertz CT molecular complexity index is 365. The Hall–Kier alpha value is -0.480. The molecule has 1 atom stereocenters. The van der Waals surface area contributed by atoms with Crippen molar-refractivity contribution in [1.29, 1.82) is 0 Å². The van der Waals surface area contributed by atoms with Gasteiger partial charge in [0.25, 0.3) is 5.24 Å². The third kappa shape index (κ3) is 1.81. The smallest absolute Gasteiger partial charge is 0.280 e. The molecule has 1 N–H and O–H groups in total. The first-order chi connectivity index (χ1) is 6.60. The van der Waals surface area contributed by atoms with E-state index < -0.39 is 0 Å². The molecule has 1 fully saturated rings. The molecule has 1 aliphatic rings. The standard InChI is InChI=1S/C10H10BrNOS/c1-10(6-12-9(13)14-10)7-2-4-8(11)5-3-7/h2-5H,6H2,1H3,(H,12,13). The van der Waals surface area contributed by atoms with Crippen LogP contribution in [-0.4, -0.2) is 11.8 Å². The highest BCUT2D eigenvalue weighted by Crippen LogP contribution is 2.40. The van der Waals surface area contributed by atoms with E-state index in [4.69, 9.17) is 0 Å². The van der Waals surface area contributed by atoms with Crippen LogP contribution in [0, 0.1) is 0 Å². The maximum absolute atomic E-state index is 11.1. The quantitative estimate of drug-likeness (QED) is 0.851. The second kappa shape index (κ2) is 3.59. The minimum absolute atomic E-state index is 0.0652. The lowest BCUT2D eigenvalue weighted by Crippen LogP contribution is -2.23. The predicted octanol–water partition coefficient (Wildman–Crippen LogP) is 3.12. The van der Waals surface area contributed by atoms with Crippen LogP contribution in [0.25, 0.3) is 0 Å². The van der Waals surface area contributed by atoms with Gasteiger partial charge in [-0.2, -0.15) is 0 Å². The van der Waals surface area contributed by atoms with Gasteiger partial charge in [0.1, 0.15) is 0 Å². The summed E-state index contributed by atoms with van der Waals surface area (Å²) in [5.41, 5.74) is 1.18. The van der Waals surface area contributed by atoms with E-state index in [0.29, 0.717) is 6.54 Å². The highest BCUT2D eigenvalue weighted by molar-refractivity contribution is 9.10. The maximum Gasteiger partial charge on any atom is 0.280 e. The Morgan fingerprint density at radius 2 is 2.07 bits per heavy atom. The van der Waals surface area contributed by atoms with Crippen LogP contribution >= 0.6 is 27.7 Å². The van der Waals surface area contributed by atoms with E-state index in [-0.39, 0.29) is 9.99 Å². The zero-order valence-corrected chi connectivity index (χ0v) is 10.1. The summed E-state index contributed by atoms with van der Waals surface area (Å²) in [6.45, 7) is 2.79. The van der Waals surface area contributed by atoms with Crippen molar-refractivity contribution in [2.24, 2.45) is 0 Å². The molecule has 2 rings (SSSR count). The molecule has 1 heterocycles.